The Morgan fingerprint density at radius 2 is 2.25 bits per heavy atom. The average molecular weight is 271 g/mol. The van der Waals surface area contributed by atoms with Crippen molar-refractivity contribution in [3.05, 3.63) is 29.0 Å². The zero-order valence-corrected chi connectivity index (χ0v) is 9.06. The molecule has 0 aliphatic heterocycles. The highest BCUT2D eigenvalue weighted by atomic mass is 79.9. The van der Waals surface area contributed by atoms with Crippen molar-refractivity contribution in [2.75, 3.05) is 0 Å². The topological polar surface area (TPSA) is 30.0 Å². The molecule has 5 heteroatoms. The summed E-state index contributed by atoms with van der Waals surface area (Å²) in [5.74, 6) is 0. The first kappa shape index (κ1) is 11.9. The van der Waals surface area contributed by atoms with Crippen LogP contribution in [0.15, 0.2) is 18.3 Å². The van der Waals surface area contributed by atoms with Crippen LogP contribution < -0.4 is 0 Å². The summed E-state index contributed by atoms with van der Waals surface area (Å²) < 4.78 is 0. The van der Waals surface area contributed by atoms with Crippen LogP contribution in [0.3, 0.4) is 0 Å². The summed E-state index contributed by atoms with van der Waals surface area (Å²) >= 11 is 8.70. The maximum absolute atomic E-state index is 10.3. The SMILES string of the molecule is Cl.O=CC(Br)c1ccc(Cl)nc1. The third kappa shape index (κ3) is 3.09. The normalized spacial score (nSPS) is 11.5. The van der Waals surface area contributed by atoms with Crippen molar-refractivity contribution in [3.8, 4) is 0 Å². The Morgan fingerprint density at radius 3 is 2.67 bits per heavy atom. The maximum atomic E-state index is 10.3. The van der Waals surface area contributed by atoms with E-state index in [1.807, 2.05) is 0 Å². The van der Waals surface area contributed by atoms with Crippen molar-refractivity contribution >= 4 is 46.2 Å². The van der Waals surface area contributed by atoms with Gasteiger partial charge in [-0.15, -0.1) is 12.4 Å². The lowest BCUT2D eigenvalue weighted by atomic mass is 10.2. The van der Waals surface area contributed by atoms with Crippen molar-refractivity contribution in [3.63, 3.8) is 0 Å². The van der Waals surface area contributed by atoms with Crippen molar-refractivity contribution < 1.29 is 4.79 Å². The highest BCUT2D eigenvalue weighted by Gasteiger charge is 2.04. The highest BCUT2D eigenvalue weighted by molar-refractivity contribution is 9.09. The number of aldehydes is 1. The fraction of sp³-hybridized carbons (Fsp3) is 0.143. The number of pyridine rings is 1. The Labute approximate surface area is 89.9 Å². The molecule has 2 nitrogen and oxygen atoms in total. The molecule has 66 valence electrons. The number of carbonyl (C=O) groups is 1. The minimum atomic E-state index is -0.285. The summed E-state index contributed by atoms with van der Waals surface area (Å²) in [4.78, 5) is 13.8. The van der Waals surface area contributed by atoms with E-state index in [4.69, 9.17) is 11.6 Å². The van der Waals surface area contributed by atoms with E-state index in [-0.39, 0.29) is 17.2 Å². The fourth-order valence-electron chi connectivity index (χ4n) is 0.629. The number of halogens is 3. The predicted octanol–water partition coefficient (Wildman–Crippen LogP) is 2.79. The number of aromatic nitrogens is 1. The Kier molecular flexibility index (Phi) is 5.46. The van der Waals surface area contributed by atoms with E-state index in [2.05, 4.69) is 20.9 Å². The van der Waals surface area contributed by atoms with Gasteiger partial charge in [0.25, 0.3) is 0 Å². The van der Waals surface area contributed by atoms with Crippen LogP contribution in [0, 0.1) is 0 Å². The molecule has 0 aliphatic carbocycles. The monoisotopic (exact) mass is 269 g/mol. The first-order chi connectivity index (χ1) is 5.24. The van der Waals surface area contributed by atoms with Gasteiger partial charge in [0.15, 0.2) is 0 Å². The van der Waals surface area contributed by atoms with Gasteiger partial charge in [0, 0.05) is 6.20 Å². The molecule has 0 saturated heterocycles. The van der Waals surface area contributed by atoms with Gasteiger partial charge in [0.05, 0.1) is 4.83 Å². The first-order valence-electron chi connectivity index (χ1n) is 2.95. The lowest BCUT2D eigenvalue weighted by Crippen LogP contribution is -1.90. The maximum Gasteiger partial charge on any atom is 0.138 e. The van der Waals surface area contributed by atoms with Crippen molar-refractivity contribution in [1.29, 1.82) is 0 Å². The van der Waals surface area contributed by atoms with Crippen LogP contribution in [-0.4, -0.2) is 11.3 Å². The molecule has 0 spiro atoms. The molecule has 1 heterocycles. The molecule has 0 aliphatic rings. The number of carbonyl (C=O) groups excluding carboxylic acids is 1. The zero-order chi connectivity index (χ0) is 8.27. The van der Waals surface area contributed by atoms with E-state index in [1.54, 1.807) is 18.3 Å². The van der Waals surface area contributed by atoms with Gasteiger partial charge in [-0.3, -0.25) is 0 Å². The average Bonchev–Trinajstić information content (AvgIpc) is 2.05. The van der Waals surface area contributed by atoms with E-state index in [0.29, 0.717) is 5.15 Å². The van der Waals surface area contributed by atoms with E-state index in [0.717, 1.165) is 11.8 Å². The molecule has 12 heavy (non-hydrogen) atoms. The standard InChI is InChI=1S/C7H5BrClNO.ClH/c8-6(4-11)5-1-2-7(9)10-3-5;/h1-4,6H;1H. The van der Waals surface area contributed by atoms with Crippen molar-refractivity contribution in [2.24, 2.45) is 0 Å². The van der Waals surface area contributed by atoms with Crippen LogP contribution in [0.2, 0.25) is 5.15 Å². The van der Waals surface area contributed by atoms with Crippen LogP contribution in [-0.2, 0) is 4.79 Å². The van der Waals surface area contributed by atoms with Gasteiger partial charge in [0.2, 0.25) is 0 Å². The van der Waals surface area contributed by atoms with Crippen molar-refractivity contribution in [1.82, 2.24) is 4.98 Å². The second-order valence-corrected chi connectivity index (χ2v) is 3.33. The highest BCUT2D eigenvalue weighted by Crippen LogP contribution is 2.19. The van der Waals surface area contributed by atoms with Gasteiger partial charge in [-0.25, -0.2) is 4.98 Å². The van der Waals surface area contributed by atoms with E-state index in [1.165, 1.54) is 0 Å². The molecule has 1 aromatic rings. The molecule has 0 N–H and O–H groups in total. The Hall–Kier alpha value is -0.120. The minimum Gasteiger partial charge on any atom is -0.302 e. The summed E-state index contributed by atoms with van der Waals surface area (Å²) in [6, 6.07) is 3.40. The largest absolute Gasteiger partial charge is 0.302 e. The molecule has 0 aromatic carbocycles. The molecule has 0 fully saturated rings. The molecule has 1 atom stereocenters. The second kappa shape index (κ2) is 5.51. The number of hydrogen-bond donors (Lipinski definition) is 0. The molecular weight excluding hydrogens is 265 g/mol. The van der Waals surface area contributed by atoms with Gasteiger partial charge < -0.3 is 4.79 Å². The third-order valence-corrected chi connectivity index (χ3v) is 2.16. The number of alkyl halides is 1. The molecule has 1 rings (SSSR count). The molecular formula is C7H6BrCl2NO. The predicted molar refractivity (Wildman–Crippen MR) is 54.2 cm³/mol. The first-order valence-corrected chi connectivity index (χ1v) is 4.24. The smallest absolute Gasteiger partial charge is 0.138 e. The van der Waals surface area contributed by atoms with E-state index in [9.17, 15) is 4.79 Å². The fourth-order valence-corrected chi connectivity index (χ4v) is 1.01. The number of nitrogens with zero attached hydrogens (tertiary/aromatic N) is 1. The van der Waals surface area contributed by atoms with Gasteiger partial charge in [0.1, 0.15) is 11.4 Å². The Bertz CT molecular complexity index is 252. The van der Waals surface area contributed by atoms with Gasteiger partial charge in [-0.05, 0) is 11.6 Å². The lowest BCUT2D eigenvalue weighted by molar-refractivity contribution is -0.107. The zero-order valence-electron chi connectivity index (χ0n) is 5.91. The van der Waals surface area contributed by atoms with Crippen LogP contribution in [0.5, 0.6) is 0 Å². The van der Waals surface area contributed by atoms with Crippen LogP contribution in [0.1, 0.15) is 10.4 Å². The quantitative estimate of drug-likeness (QED) is 0.470. The second-order valence-electron chi connectivity index (χ2n) is 1.95. The summed E-state index contributed by atoms with van der Waals surface area (Å²) in [5.41, 5.74) is 0.810. The number of hydrogen-bond acceptors (Lipinski definition) is 2. The van der Waals surface area contributed by atoms with Crippen LogP contribution in [0.25, 0.3) is 0 Å². The lowest BCUT2D eigenvalue weighted by Gasteiger charge is -1.99. The van der Waals surface area contributed by atoms with Gasteiger partial charge in [-0.1, -0.05) is 33.6 Å². The molecule has 1 unspecified atom stereocenters. The molecule has 0 radical (unpaired) electrons. The minimum absolute atomic E-state index is 0. The van der Waals surface area contributed by atoms with Gasteiger partial charge >= 0.3 is 0 Å². The number of rotatable bonds is 2. The van der Waals surface area contributed by atoms with E-state index >= 15 is 0 Å². The molecule has 0 bridgehead atoms. The molecule has 0 saturated carbocycles. The third-order valence-electron chi connectivity index (χ3n) is 1.19. The summed E-state index contributed by atoms with van der Waals surface area (Å²) in [6.45, 7) is 0. The van der Waals surface area contributed by atoms with E-state index < -0.39 is 0 Å². The van der Waals surface area contributed by atoms with Crippen LogP contribution in [0.4, 0.5) is 0 Å². The van der Waals surface area contributed by atoms with Crippen molar-refractivity contribution in [2.45, 2.75) is 4.83 Å². The molecule has 0 amide bonds. The Morgan fingerprint density at radius 1 is 1.58 bits per heavy atom. The molecule has 1 aromatic heterocycles. The summed E-state index contributed by atoms with van der Waals surface area (Å²) in [5, 5.41) is 0.430. The summed E-state index contributed by atoms with van der Waals surface area (Å²) in [6.07, 6.45) is 2.36. The van der Waals surface area contributed by atoms with Gasteiger partial charge in [-0.2, -0.15) is 0 Å². The summed E-state index contributed by atoms with van der Waals surface area (Å²) in [7, 11) is 0. The van der Waals surface area contributed by atoms with Crippen LogP contribution >= 0.6 is 39.9 Å². The Balaban J connectivity index is 0.00000121.